The van der Waals surface area contributed by atoms with Crippen LogP contribution in [0.2, 0.25) is 0 Å². The molecule has 2 atom stereocenters. The van der Waals surface area contributed by atoms with Crippen LogP contribution in [0.5, 0.6) is 11.5 Å². The number of aliphatic carboxylic acids is 1. The number of fused-ring (bicyclic) bond motifs is 4. The predicted octanol–water partition coefficient (Wildman–Crippen LogP) is 9.93. The summed E-state index contributed by atoms with van der Waals surface area (Å²) >= 11 is 2.39. The topological polar surface area (TPSA) is 220 Å². The number of aliphatic hydroxyl groups excluding tert-OH is 1. The van der Waals surface area contributed by atoms with E-state index in [0.717, 1.165) is 37.7 Å². The molecule has 0 saturated carbocycles. The number of ether oxygens (including phenoxy) is 8. The van der Waals surface area contributed by atoms with Gasteiger partial charge in [-0.1, -0.05) is 98.2 Å². The number of esters is 3. The molecule has 2 N–H and O–H groups in total. The van der Waals surface area contributed by atoms with Crippen molar-refractivity contribution in [1.29, 1.82) is 0 Å². The molecule has 1 aliphatic heterocycles. The summed E-state index contributed by atoms with van der Waals surface area (Å²) < 4.78 is 72.6. The molecule has 0 radical (unpaired) electrons. The minimum absolute atomic E-state index is 0. The Morgan fingerprint density at radius 3 is 1.45 bits per heavy atom. The van der Waals surface area contributed by atoms with E-state index in [4.69, 9.17) is 43.0 Å². The number of rotatable bonds is 36. The largest absolute Gasteiger partial charge is 1.00 e. The smallest absolute Gasteiger partial charge is 0.344 e. The average molecular weight is 1350 g/mol. The van der Waals surface area contributed by atoms with Crippen molar-refractivity contribution in [1.82, 2.24) is 0 Å². The van der Waals surface area contributed by atoms with Crippen LogP contribution in [-0.2, 0) is 47.6 Å². The third-order valence-electron chi connectivity index (χ3n) is 13.6. The molecule has 4 aromatic carbocycles. The number of carbonyl (C=O) groups excluding carboxylic acids is 3. The summed E-state index contributed by atoms with van der Waals surface area (Å²) in [5.41, 5.74) is -0.863. The molecule has 492 valence electrons. The molecular formula is C67H90BrF2NO16S2. The number of hydrogen-bond donors (Lipinski definition) is 2. The van der Waals surface area contributed by atoms with Crippen molar-refractivity contribution in [3.8, 4) is 11.5 Å². The van der Waals surface area contributed by atoms with Gasteiger partial charge in [0.1, 0.15) is 41.9 Å². The van der Waals surface area contributed by atoms with Crippen LogP contribution in [0, 0.1) is 11.6 Å². The van der Waals surface area contributed by atoms with Gasteiger partial charge in [-0.25, -0.2) is 28.0 Å². The highest BCUT2D eigenvalue weighted by Gasteiger charge is 2.25. The first-order chi connectivity index (χ1) is 42.0. The van der Waals surface area contributed by atoms with E-state index in [1.54, 1.807) is 48.5 Å². The number of unbranched alkanes of at least 4 members (excludes halogenated alkanes) is 6. The Bertz CT molecular complexity index is 3210. The van der Waals surface area contributed by atoms with Crippen LogP contribution in [0.1, 0.15) is 112 Å². The number of halogens is 3. The van der Waals surface area contributed by atoms with Gasteiger partial charge in [-0.15, -0.1) is 22.7 Å². The number of quaternary nitrogens is 1. The fourth-order valence-electron chi connectivity index (χ4n) is 8.78. The second-order valence-corrected chi connectivity index (χ2v) is 22.7. The van der Waals surface area contributed by atoms with Gasteiger partial charge in [0.25, 0.3) is 0 Å². The first kappa shape index (κ1) is 78.9. The summed E-state index contributed by atoms with van der Waals surface area (Å²) in [5, 5.41) is 19.3. The molecule has 89 heavy (non-hydrogen) atoms. The van der Waals surface area contributed by atoms with Gasteiger partial charge in [0.2, 0.25) is 0 Å². The van der Waals surface area contributed by atoms with Crippen LogP contribution in [0.4, 0.5) is 8.78 Å². The molecule has 2 unspecified atom stereocenters. The highest BCUT2D eigenvalue weighted by molar-refractivity contribution is 7.25. The van der Waals surface area contributed by atoms with Crippen LogP contribution in [-0.4, -0.2) is 143 Å². The van der Waals surface area contributed by atoms with Crippen LogP contribution in [0.15, 0.2) is 108 Å². The second-order valence-electron chi connectivity index (χ2n) is 20.6. The Hall–Kier alpha value is -6.24. The fourth-order valence-corrected chi connectivity index (χ4v) is 11.1. The first-order valence-electron chi connectivity index (χ1n) is 29.8. The van der Waals surface area contributed by atoms with Gasteiger partial charge in [0, 0.05) is 45.5 Å². The normalized spacial score (nSPS) is 12.5. The fraction of sp³-hybridized carbons (Fsp3) is 0.493. The highest BCUT2D eigenvalue weighted by Crippen LogP contribution is 2.35. The number of benzene rings is 4. The molecule has 7 rings (SSSR count). The van der Waals surface area contributed by atoms with E-state index >= 15 is 0 Å². The monoisotopic (exact) mass is 1350 g/mol. The lowest BCUT2D eigenvalue weighted by molar-refractivity contribution is -0.929. The zero-order valence-corrected chi connectivity index (χ0v) is 54.3. The van der Waals surface area contributed by atoms with Crippen molar-refractivity contribution < 1.29 is 97.5 Å². The number of carbonyl (C=O) groups is 4. The molecule has 0 bridgehead atoms. The summed E-state index contributed by atoms with van der Waals surface area (Å²) in [5.74, 6) is -3.64. The molecule has 3 heterocycles. The summed E-state index contributed by atoms with van der Waals surface area (Å²) in [6, 6.07) is 18.7. The van der Waals surface area contributed by atoms with Crippen LogP contribution >= 0.6 is 22.7 Å². The number of carboxylic acid groups (broad SMARTS) is 1. The highest BCUT2D eigenvalue weighted by atomic mass is 79.9. The van der Waals surface area contributed by atoms with Gasteiger partial charge in [-0.05, 0) is 99.9 Å². The SMILES string of the molecule is C.C=CC(=O)OCCCCOCC(O)COC(=O)COc1ccc(F)c2c(=O)c3ccccc3sc12.C=CC(=O)OCCCCOCC1CO1.CCCC[N+](CCCC)(CCCC)CCCC.O=C(O)COc1ccc(F)c2c(=O)c3ccccc3sc12.[Br-]. The van der Waals surface area contributed by atoms with Crippen molar-refractivity contribution in [2.45, 2.75) is 124 Å². The lowest BCUT2D eigenvalue weighted by Gasteiger charge is -2.39. The molecule has 2 aromatic heterocycles. The van der Waals surface area contributed by atoms with E-state index in [-0.39, 0.29) is 72.5 Å². The third kappa shape index (κ3) is 28.2. The lowest BCUT2D eigenvalue weighted by atomic mass is 10.1. The summed E-state index contributed by atoms with van der Waals surface area (Å²) in [4.78, 5) is 69.3. The summed E-state index contributed by atoms with van der Waals surface area (Å²) in [6.07, 6.45) is 15.6. The van der Waals surface area contributed by atoms with Gasteiger partial charge < -0.3 is 69.6 Å². The maximum atomic E-state index is 14.4. The minimum atomic E-state index is -1.14. The number of hydrogen-bond acceptors (Lipinski definition) is 17. The minimum Gasteiger partial charge on any atom is -1.00 e. The Labute approximate surface area is 539 Å². The van der Waals surface area contributed by atoms with Gasteiger partial charge in [0.05, 0.1) is 79.4 Å². The van der Waals surface area contributed by atoms with Crippen molar-refractivity contribution in [2.24, 2.45) is 0 Å². The van der Waals surface area contributed by atoms with Crippen molar-refractivity contribution >= 4 is 86.9 Å². The quantitative estimate of drug-likeness (QED) is 0.00711. The van der Waals surface area contributed by atoms with Gasteiger partial charge in [0.15, 0.2) is 24.1 Å². The average Bonchev–Trinajstić information content (AvgIpc) is 2.53. The van der Waals surface area contributed by atoms with Crippen LogP contribution in [0.25, 0.3) is 40.3 Å². The van der Waals surface area contributed by atoms with Crippen molar-refractivity contribution in [3.05, 3.63) is 130 Å². The zero-order chi connectivity index (χ0) is 63.4. The number of carboxylic acids is 1. The summed E-state index contributed by atoms with van der Waals surface area (Å²) in [7, 11) is 0. The molecule has 0 amide bonds. The number of aliphatic hydroxyl groups is 1. The Morgan fingerprint density at radius 1 is 0.618 bits per heavy atom. The summed E-state index contributed by atoms with van der Waals surface area (Å²) in [6.45, 7) is 23.5. The second kappa shape index (κ2) is 44.3. The number of epoxide rings is 1. The van der Waals surface area contributed by atoms with Crippen molar-refractivity contribution in [2.75, 3.05) is 92.2 Å². The van der Waals surface area contributed by atoms with Gasteiger partial charge >= 0.3 is 23.9 Å². The van der Waals surface area contributed by atoms with E-state index in [0.29, 0.717) is 74.9 Å². The van der Waals surface area contributed by atoms with Crippen molar-refractivity contribution in [3.63, 3.8) is 0 Å². The van der Waals surface area contributed by atoms with Crippen LogP contribution in [0.3, 0.4) is 0 Å². The Kier molecular flexibility index (Phi) is 39.2. The molecule has 0 aliphatic carbocycles. The van der Waals surface area contributed by atoms with Crippen LogP contribution < -0.4 is 37.3 Å². The molecule has 0 spiro atoms. The third-order valence-corrected chi connectivity index (χ3v) is 15.9. The maximum Gasteiger partial charge on any atom is 0.344 e. The van der Waals surface area contributed by atoms with E-state index in [9.17, 15) is 42.7 Å². The number of nitrogens with zero attached hydrogens (tertiary/aromatic N) is 1. The molecule has 1 saturated heterocycles. The van der Waals surface area contributed by atoms with E-state index < -0.39 is 59.7 Å². The van der Waals surface area contributed by atoms with E-state index in [1.165, 1.54) is 123 Å². The zero-order valence-electron chi connectivity index (χ0n) is 51.0. The molecule has 17 nitrogen and oxygen atoms in total. The van der Waals surface area contributed by atoms with E-state index in [1.807, 2.05) is 0 Å². The van der Waals surface area contributed by atoms with Gasteiger partial charge in [-0.2, -0.15) is 0 Å². The molecule has 22 heteroatoms. The Morgan fingerprint density at radius 2 is 1.03 bits per heavy atom. The Balaban J connectivity index is 0.000000430. The maximum absolute atomic E-state index is 14.4. The molecule has 1 aliphatic rings. The standard InChI is InChI=1S/C25H25FO8S.C16H36N.C15H9FO4S.C10H16O4.CH4.BrH/c1-2-21(28)32-12-6-5-11-31-13-16(27)14-34-22(29)15-33-19-10-9-18(26)23-24(30)17-7-3-4-8-20(17)35-25(19)23;1-5-9-13-17(14-10-6-2,15-11-7-3)16-12-8-4;16-9-5-6-10(20-7-12(17)18)15-13(9)14(19)8-3-1-2-4-11(8)21-15;1-2-10(11)13-6-4-3-5-12-7-9-8-14-9;;/h2-4,7-10,16,27H,1,5-6,11-15H2;5-16H2,1-4H3;1-6H,7H2,(H,17,18);2,9H,1,3-8H2;1H4;1H/q;+1;;;;/p-1. The predicted molar refractivity (Wildman–Crippen MR) is 345 cm³/mol. The molecular weight excluding hydrogens is 1260 g/mol. The van der Waals surface area contributed by atoms with E-state index in [2.05, 4.69) is 40.9 Å². The lowest BCUT2D eigenvalue weighted by Crippen LogP contribution is -3.00. The first-order valence-corrected chi connectivity index (χ1v) is 31.5. The van der Waals surface area contributed by atoms with Gasteiger partial charge in [-0.3, -0.25) is 9.59 Å². The molecule has 1 fully saturated rings. The molecule has 6 aromatic rings.